The van der Waals surface area contributed by atoms with Gasteiger partial charge in [-0.15, -0.1) is 0 Å². The summed E-state index contributed by atoms with van der Waals surface area (Å²) in [7, 11) is -3.06. The second-order valence-electron chi connectivity index (χ2n) is 5.61. The van der Waals surface area contributed by atoms with Crippen molar-refractivity contribution in [1.29, 1.82) is 0 Å². The molecule has 9 heteroatoms. The Morgan fingerprint density at radius 3 is 2.38 bits per heavy atom. The summed E-state index contributed by atoms with van der Waals surface area (Å²) >= 11 is 0. The quantitative estimate of drug-likeness (QED) is 0.670. The third kappa shape index (κ3) is 5.34. The summed E-state index contributed by atoms with van der Waals surface area (Å²) < 4.78 is 22.6. The molecule has 0 saturated carbocycles. The van der Waals surface area contributed by atoms with Crippen LogP contribution in [0.1, 0.15) is 23.7 Å². The van der Waals surface area contributed by atoms with E-state index in [0.717, 1.165) is 0 Å². The van der Waals surface area contributed by atoms with Crippen molar-refractivity contribution in [2.75, 3.05) is 23.4 Å². The van der Waals surface area contributed by atoms with Crippen LogP contribution in [0.4, 0.5) is 5.69 Å². The number of rotatable bonds is 5. The summed E-state index contributed by atoms with van der Waals surface area (Å²) in [5.41, 5.74) is 0.916. The zero-order valence-corrected chi connectivity index (χ0v) is 14.0. The molecule has 0 aromatic heterocycles. The van der Waals surface area contributed by atoms with Crippen LogP contribution in [0.15, 0.2) is 24.3 Å². The first kappa shape index (κ1) is 17.9. The van der Waals surface area contributed by atoms with E-state index in [1.807, 2.05) is 0 Å². The molecule has 1 heterocycles. The normalized spacial score (nSPS) is 18.6. The minimum Gasteiger partial charge on any atom is -0.351 e. The Bertz CT molecular complexity index is 743. The monoisotopic (exact) mass is 353 g/mol. The zero-order chi connectivity index (χ0) is 17.7. The van der Waals surface area contributed by atoms with Gasteiger partial charge in [0.05, 0.1) is 18.1 Å². The molecule has 1 aromatic rings. The van der Waals surface area contributed by atoms with Gasteiger partial charge in [-0.1, -0.05) is 0 Å². The van der Waals surface area contributed by atoms with Crippen LogP contribution in [0.2, 0.25) is 0 Å². The lowest BCUT2D eigenvalue weighted by molar-refractivity contribution is -0.120. The number of anilines is 1. The molecule has 3 amide bonds. The van der Waals surface area contributed by atoms with Gasteiger partial charge in [0.15, 0.2) is 9.84 Å². The topological polar surface area (TPSA) is 121 Å². The highest BCUT2D eigenvalue weighted by atomic mass is 32.2. The number of benzene rings is 1. The van der Waals surface area contributed by atoms with Gasteiger partial charge in [-0.05, 0) is 30.7 Å². The molecular formula is C15H19N3O5S. The Morgan fingerprint density at radius 2 is 1.83 bits per heavy atom. The van der Waals surface area contributed by atoms with E-state index in [1.165, 1.54) is 19.1 Å². The Morgan fingerprint density at radius 1 is 1.17 bits per heavy atom. The van der Waals surface area contributed by atoms with Crippen LogP contribution in [-0.2, 0) is 19.4 Å². The van der Waals surface area contributed by atoms with Crippen molar-refractivity contribution in [2.45, 2.75) is 19.4 Å². The molecule has 1 saturated heterocycles. The Balaban J connectivity index is 1.80. The molecule has 8 nitrogen and oxygen atoms in total. The van der Waals surface area contributed by atoms with Crippen molar-refractivity contribution in [3.8, 4) is 0 Å². The van der Waals surface area contributed by atoms with Crippen LogP contribution in [-0.4, -0.2) is 50.2 Å². The third-order valence-electron chi connectivity index (χ3n) is 3.47. The fourth-order valence-electron chi connectivity index (χ4n) is 2.36. The molecule has 1 fully saturated rings. The SMILES string of the molecule is CC(=O)Nc1ccc(C(=O)NCC(=O)NC2CCS(=O)(=O)C2)cc1. The first-order chi connectivity index (χ1) is 11.2. The van der Waals surface area contributed by atoms with Crippen LogP contribution in [0, 0.1) is 0 Å². The number of nitrogens with one attached hydrogen (secondary N) is 3. The number of carbonyl (C=O) groups excluding carboxylic acids is 3. The lowest BCUT2D eigenvalue weighted by atomic mass is 10.2. The minimum atomic E-state index is -3.06. The standard InChI is InChI=1S/C15H19N3O5S/c1-10(19)17-12-4-2-11(3-5-12)15(21)16-8-14(20)18-13-6-7-24(22,23)9-13/h2-5,13H,6-9H2,1H3,(H,16,21)(H,17,19)(H,18,20). The Labute approximate surface area is 139 Å². The van der Waals surface area contributed by atoms with Crippen molar-refractivity contribution in [3.05, 3.63) is 29.8 Å². The second kappa shape index (κ2) is 7.43. The molecule has 1 aliphatic rings. The van der Waals surface area contributed by atoms with Gasteiger partial charge in [-0.3, -0.25) is 14.4 Å². The van der Waals surface area contributed by atoms with Gasteiger partial charge < -0.3 is 16.0 Å². The van der Waals surface area contributed by atoms with Gasteiger partial charge in [-0.25, -0.2) is 8.42 Å². The van der Waals surface area contributed by atoms with Gasteiger partial charge in [0, 0.05) is 24.2 Å². The maximum absolute atomic E-state index is 11.9. The van der Waals surface area contributed by atoms with E-state index < -0.39 is 27.7 Å². The molecule has 1 unspecified atom stereocenters. The predicted octanol–water partition coefficient (Wildman–Crippen LogP) is -0.322. The van der Waals surface area contributed by atoms with Crippen molar-refractivity contribution in [2.24, 2.45) is 0 Å². The first-order valence-corrected chi connectivity index (χ1v) is 9.23. The summed E-state index contributed by atoms with van der Waals surface area (Å²) in [5, 5.41) is 7.64. The number of amides is 3. The maximum Gasteiger partial charge on any atom is 0.251 e. The average Bonchev–Trinajstić information content (AvgIpc) is 2.83. The summed E-state index contributed by atoms with van der Waals surface area (Å²) in [4.78, 5) is 34.6. The largest absolute Gasteiger partial charge is 0.351 e. The average molecular weight is 353 g/mol. The molecule has 130 valence electrons. The van der Waals surface area contributed by atoms with Gasteiger partial charge >= 0.3 is 0 Å². The maximum atomic E-state index is 11.9. The molecule has 1 atom stereocenters. The highest BCUT2D eigenvalue weighted by molar-refractivity contribution is 7.91. The van der Waals surface area contributed by atoms with Gasteiger partial charge in [0.1, 0.15) is 0 Å². The van der Waals surface area contributed by atoms with Crippen LogP contribution in [0.5, 0.6) is 0 Å². The first-order valence-electron chi connectivity index (χ1n) is 7.41. The number of hydrogen-bond donors (Lipinski definition) is 3. The van der Waals surface area contributed by atoms with Gasteiger partial charge in [-0.2, -0.15) is 0 Å². The Kier molecular flexibility index (Phi) is 5.55. The van der Waals surface area contributed by atoms with Crippen LogP contribution < -0.4 is 16.0 Å². The second-order valence-corrected chi connectivity index (χ2v) is 7.84. The van der Waals surface area contributed by atoms with Gasteiger partial charge in [0.2, 0.25) is 11.8 Å². The smallest absolute Gasteiger partial charge is 0.251 e. The van der Waals surface area contributed by atoms with E-state index in [-0.39, 0.29) is 24.0 Å². The molecule has 0 spiro atoms. The van der Waals surface area contributed by atoms with E-state index in [0.29, 0.717) is 17.7 Å². The molecule has 0 radical (unpaired) electrons. The molecular weight excluding hydrogens is 334 g/mol. The van der Waals surface area contributed by atoms with E-state index in [1.54, 1.807) is 12.1 Å². The number of hydrogen-bond acceptors (Lipinski definition) is 5. The lowest BCUT2D eigenvalue weighted by Crippen LogP contribution is -2.42. The van der Waals surface area contributed by atoms with Crippen molar-refractivity contribution in [3.63, 3.8) is 0 Å². The summed E-state index contributed by atoms with van der Waals surface area (Å²) in [6.07, 6.45) is 0.395. The Hall–Kier alpha value is -2.42. The fourth-order valence-corrected chi connectivity index (χ4v) is 4.03. The fraction of sp³-hybridized carbons (Fsp3) is 0.400. The third-order valence-corrected chi connectivity index (χ3v) is 5.24. The van der Waals surface area contributed by atoms with Crippen LogP contribution in [0.25, 0.3) is 0 Å². The number of sulfone groups is 1. The van der Waals surface area contributed by atoms with Crippen molar-refractivity contribution >= 4 is 33.2 Å². The molecule has 3 N–H and O–H groups in total. The summed E-state index contributed by atoms with van der Waals surface area (Å²) in [5.74, 6) is -1.06. The van der Waals surface area contributed by atoms with Gasteiger partial charge in [0.25, 0.3) is 5.91 Å². The van der Waals surface area contributed by atoms with Crippen molar-refractivity contribution in [1.82, 2.24) is 10.6 Å². The highest BCUT2D eigenvalue weighted by Gasteiger charge is 2.28. The zero-order valence-electron chi connectivity index (χ0n) is 13.2. The molecule has 0 bridgehead atoms. The van der Waals surface area contributed by atoms with E-state index >= 15 is 0 Å². The molecule has 1 aromatic carbocycles. The lowest BCUT2D eigenvalue weighted by Gasteiger charge is -2.11. The highest BCUT2D eigenvalue weighted by Crippen LogP contribution is 2.11. The summed E-state index contributed by atoms with van der Waals surface area (Å²) in [6, 6.07) is 5.83. The molecule has 24 heavy (non-hydrogen) atoms. The van der Waals surface area contributed by atoms with Crippen LogP contribution in [0.3, 0.4) is 0 Å². The van der Waals surface area contributed by atoms with E-state index in [2.05, 4.69) is 16.0 Å². The summed E-state index contributed by atoms with van der Waals surface area (Å²) in [6.45, 7) is 1.15. The van der Waals surface area contributed by atoms with Crippen molar-refractivity contribution < 1.29 is 22.8 Å². The molecule has 0 aliphatic carbocycles. The number of carbonyl (C=O) groups is 3. The van der Waals surface area contributed by atoms with E-state index in [9.17, 15) is 22.8 Å². The van der Waals surface area contributed by atoms with E-state index in [4.69, 9.17) is 0 Å². The van der Waals surface area contributed by atoms with Crippen LogP contribution >= 0.6 is 0 Å². The molecule has 2 rings (SSSR count). The minimum absolute atomic E-state index is 0.0582. The predicted molar refractivity (Wildman–Crippen MR) is 88.3 cm³/mol. The molecule has 1 aliphatic heterocycles.